The van der Waals surface area contributed by atoms with Crippen LogP contribution in [-0.4, -0.2) is 31.2 Å². The average molecular weight is 409 g/mol. The number of benzene rings is 1. The topological polar surface area (TPSA) is 60.5 Å². The highest BCUT2D eigenvalue weighted by Crippen LogP contribution is 2.33. The van der Waals surface area contributed by atoms with Crippen molar-refractivity contribution >= 4 is 45.9 Å². The van der Waals surface area contributed by atoms with E-state index >= 15 is 0 Å². The largest absolute Gasteiger partial charge is 0.487 e. The van der Waals surface area contributed by atoms with Gasteiger partial charge in [0.2, 0.25) is 5.91 Å². The minimum Gasteiger partial charge on any atom is -0.487 e. The number of nitrogens with one attached hydrogen (secondary N) is 1. The van der Waals surface area contributed by atoms with Crippen molar-refractivity contribution in [2.45, 2.75) is 6.42 Å². The van der Waals surface area contributed by atoms with Crippen molar-refractivity contribution in [1.29, 1.82) is 0 Å². The molecule has 0 aliphatic rings. The zero-order chi connectivity index (χ0) is 18.4. The first kappa shape index (κ1) is 18.8. The molecule has 2 aromatic heterocycles. The summed E-state index contributed by atoms with van der Waals surface area (Å²) in [5.74, 6) is 0.267. The van der Waals surface area contributed by atoms with Gasteiger partial charge in [-0.2, -0.15) is 11.3 Å². The molecule has 0 aliphatic heterocycles. The number of methoxy groups -OCH3 is 1. The molecule has 26 heavy (non-hydrogen) atoms. The Morgan fingerprint density at radius 3 is 2.92 bits per heavy atom. The van der Waals surface area contributed by atoms with Gasteiger partial charge in [-0.3, -0.25) is 4.79 Å². The van der Waals surface area contributed by atoms with E-state index in [2.05, 4.69) is 10.3 Å². The number of anilines is 1. The van der Waals surface area contributed by atoms with Gasteiger partial charge in [-0.25, -0.2) is 4.98 Å². The van der Waals surface area contributed by atoms with E-state index in [1.807, 2.05) is 22.2 Å². The lowest BCUT2D eigenvalue weighted by Crippen LogP contribution is -2.16. The minimum absolute atomic E-state index is 0.175. The number of halogens is 1. The molecule has 0 radical (unpaired) electrons. The van der Waals surface area contributed by atoms with Crippen molar-refractivity contribution < 1.29 is 14.3 Å². The van der Waals surface area contributed by atoms with E-state index in [1.165, 1.54) is 11.3 Å². The number of hydrogen-bond donors (Lipinski definition) is 1. The average Bonchev–Trinajstić information content (AvgIpc) is 3.28. The van der Waals surface area contributed by atoms with Gasteiger partial charge < -0.3 is 14.8 Å². The van der Waals surface area contributed by atoms with Crippen LogP contribution in [-0.2, 0) is 16.0 Å². The lowest BCUT2D eigenvalue weighted by atomic mass is 10.2. The van der Waals surface area contributed by atoms with E-state index in [0.29, 0.717) is 29.7 Å². The lowest BCUT2D eigenvalue weighted by molar-refractivity contribution is -0.115. The van der Waals surface area contributed by atoms with Crippen molar-refractivity contribution in [3.05, 3.63) is 51.1 Å². The van der Waals surface area contributed by atoms with Gasteiger partial charge in [-0.1, -0.05) is 17.7 Å². The van der Waals surface area contributed by atoms with E-state index < -0.39 is 0 Å². The zero-order valence-electron chi connectivity index (χ0n) is 14.0. The maximum absolute atomic E-state index is 12.4. The van der Waals surface area contributed by atoms with Crippen molar-refractivity contribution in [3.8, 4) is 16.3 Å². The molecule has 1 amide bonds. The number of thiazole rings is 1. The quantitative estimate of drug-likeness (QED) is 0.547. The second kappa shape index (κ2) is 9.14. The minimum atomic E-state index is -0.175. The van der Waals surface area contributed by atoms with Gasteiger partial charge in [0, 0.05) is 23.4 Å². The van der Waals surface area contributed by atoms with E-state index in [4.69, 9.17) is 21.1 Å². The summed E-state index contributed by atoms with van der Waals surface area (Å²) >= 11 is 9.34. The molecule has 0 fully saturated rings. The summed E-state index contributed by atoms with van der Waals surface area (Å²) in [6, 6.07) is 7.25. The van der Waals surface area contributed by atoms with Crippen LogP contribution < -0.4 is 10.1 Å². The smallest absolute Gasteiger partial charge is 0.230 e. The van der Waals surface area contributed by atoms with Gasteiger partial charge in [0.05, 0.1) is 29.4 Å². The van der Waals surface area contributed by atoms with Crippen LogP contribution in [0.3, 0.4) is 0 Å². The van der Waals surface area contributed by atoms with Crippen LogP contribution in [0.25, 0.3) is 10.6 Å². The molecule has 3 aromatic rings. The highest BCUT2D eigenvalue weighted by molar-refractivity contribution is 7.14. The number of carbonyl (C=O) groups is 1. The van der Waals surface area contributed by atoms with Crippen molar-refractivity contribution in [2.24, 2.45) is 0 Å². The van der Waals surface area contributed by atoms with Crippen molar-refractivity contribution in [2.75, 3.05) is 25.6 Å². The fourth-order valence-corrected chi connectivity index (χ4v) is 4.01. The molecule has 0 spiro atoms. The summed E-state index contributed by atoms with van der Waals surface area (Å²) < 4.78 is 10.6. The SMILES string of the molecule is COCCOc1c(Cl)cccc1NC(=O)Cc1csc(-c2ccsc2)n1. The number of rotatable bonds is 8. The first-order valence-electron chi connectivity index (χ1n) is 7.84. The normalized spacial score (nSPS) is 10.7. The third-order valence-corrected chi connectivity index (χ3v) is 5.36. The Hall–Kier alpha value is -1.93. The molecule has 5 nitrogen and oxygen atoms in total. The van der Waals surface area contributed by atoms with E-state index in [1.54, 1.807) is 36.6 Å². The number of carbonyl (C=O) groups excluding carboxylic acids is 1. The molecular formula is C18H17ClN2O3S2. The molecule has 136 valence electrons. The molecule has 0 saturated carbocycles. The molecule has 0 aliphatic carbocycles. The Labute approximate surface area is 164 Å². The second-order valence-corrected chi connectivity index (χ2v) is 7.38. The summed E-state index contributed by atoms with van der Waals surface area (Å²) in [4.78, 5) is 16.9. The molecule has 0 bridgehead atoms. The van der Waals surface area contributed by atoms with Crippen LogP contribution in [0.1, 0.15) is 5.69 Å². The van der Waals surface area contributed by atoms with Crippen LogP contribution in [0.2, 0.25) is 5.02 Å². The van der Waals surface area contributed by atoms with Crippen LogP contribution in [0.5, 0.6) is 5.75 Å². The first-order valence-corrected chi connectivity index (χ1v) is 10.0. The second-order valence-electron chi connectivity index (χ2n) is 5.34. The maximum Gasteiger partial charge on any atom is 0.230 e. The monoisotopic (exact) mass is 408 g/mol. The third-order valence-electron chi connectivity index (χ3n) is 3.44. The Morgan fingerprint density at radius 2 is 2.15 bits per heavy atom. The van der Waals surface area contributed by atoms with Gasteiger partial charge in [-0.05, 0) is 23.6 Å². The van der Waals surface area contributed by atoms with Crippen molar-refractivity contribution in [1.82, 2.24) is 4.98 Å². The summed E-state index contributed by atoms with van der Waals surface area (Å²) in [5, 5.41) is 10.2. The molecule has 0 atom stereocenters. The van der Waals surface area contributed by atoms with E-state index in [9.17, 15) is 4.79 Å². The third kappa shape index (κ3) is 4.82. The van der Waals surface area contributed by atoms with Gasteiger partial charge in [0.25, 0.3) is 0 Å². The number of nitrogens with zero attached hydrogens (tertiary/aromatic N) is 1. The molecule has 8 heteroatoms. The molecule has 0 unspecified atom stereocenters. The highest BCUT2D eigenvalue weighted by Gasteiger charge is 2.14. The summed E-state index contributed by atoms with van der Waals surface area (Å²) in [6.07, 6.45) is 0.185. The van der Waals surface area contributed by atoms with Gasteiger partial charge in [-0.15, -0.1) is 11.3 Å². The maximum atomic E-state index is 12.4. The number of aromatic nitrogens is 1. The van der Waals surface area contributed by atoms with Crippen LogP contribution in [0, 0.1) is 0 Å². The summed E-state index contributed by atoms with van der Waals surface area (Å²) in [6.45, 7) is 0.780. The zero-order valence-corrected chi connectivity index (χ0v) is 16.4. The Morgan fingerprint density at radius 1 is 1.27 bits per heavy atom. The Bertz CT molecular complexity index is 865. The number of para-hydroxylation sites is 1. The fraction of sp³-hybridized carbons (Fsp3) is 0.222. The number of ether oxygens (including phenoxy) is 2. The van der Waals surface area contributed by atoms with Crippen molar-refractivity contribution in [3.63, 3.8) is 0 Å². The molecule has 2 heterocycles. The lowest BCUT2D eigenvalue weighted by Gasteiger charge is -2.13. The molecular weight excluding hydrogens is 392 g/mol. The van der Waals surface area contributed by atoms with Crippen LogP contribution in [0.15, 0.2) is 40.4 Å². The van der Waals surface area contributed by atoms with Crippen LogP contribution in [0.4, 0.5) is 5.69 Å². The van der Waals surface area contributed by atoms with Crippen LogP contribution >= 0.6 is 34.3 Å². The molecule has 1 N–H and O–H groups in total. The molecule has 3 rings (SSSR count). The number of amides is 1. The first-order chi connectivity index (χ1) is 12.7. The molecule has 1 aromatic carbocycles. The summed E-state index contributed by atoms with van der Waals surface area (Å²) in [7, 11) is 1.59. The van der Waals surface area contributed by atoms with Gasteiger partial charge in [0.1, 0.15) is 11.6 Å². The number of hydrogen-bond acceptors (Lipinski definition) is 6. The fourth-order valence-electron chi connectivity index (χ4n) is 2.25. The van der Waals surface area contributed by atoms with Gasteiger partial charge >= 0.3 is 0 Å². The number of thiophene rings is 1. The van der Waals surface area contributed by atoms with E-state index in [0.717, 1.165) is 16.3 Å². The highest BCUT2D eigenvalue weighted by atomic mass is 35.5. The Balaban J connectivity index is 1.66. The van der Waals surface area contributed by atoms with Gasteiger partial charge in [0.15, 0.2) is 5.75 Å². The molecule has 0 saturated heterocycles. The predicted octanol–water partition coefficient (Wildman–Crippen LogP) is 4.73. The standard InChI is InChI=1S/C18H17ClN2O3S2/c1-23-6-7-24-17-14(19)3-2-4-15(17)21-16(22)9-13-11-26-18(20-13)12-5-8-25-10-12/h2-5,8,10-11H,6-7,9H2,1H3,(H,21,22). The predicted molar refractivity (Wildman–Crippen MR) is 107 cm³/mol. The van der Waals surface area contributed by atoms with E-state index in [-0.39, 0.29) is 12.3 Å². The Kier molecular flexibility index (Phi) is 6.62. The summed E-state index contributed by atoms with van der Waals surface area (Å²) in [5.41, 5.74) is 2.35.